The van der Waals surface area contributed by atoms with Crippen LogP contribution in [-0.2, 0) is 0 Å². The number of carbonyl (C=O) groups is 1. The first kappa shape index (κ1) is 13.8. The number of anilines is 1. The Balaban J connectivity index is 1.62. The Bertz CT molecular complexity index is 847. The van der Waals surface area contributed by atoms with Crippen molar-refractivity contribution in [2.24, 2.45) is 0 Å². The van der Waals surface area contributed by atoms with Gasteiger partial charge in [0, 0.05) is 17.2 Å². The van der Waals surface area contributed by atoms with E-state index in [1.807, 2.05) is 25.1 Å². The molecule has 0 spiro atoms. The number of hydrogen-bond donors (Lipinski definition) is 2. The molecule has 6 nitrogen and oxygen atoms in total. The van der Waals surface area contributed by atoms with E-state index in [2.05, 4.69) is 20.5 Å². The molecule has 2 heterocycles. The zero-order valence-electron chi connectivity index (χ0n) is 12.7. The lowest BCUT2D eigenvalue weighted by Gasteiger charge is -2.10. The van der Waals surface area contributed by atoms with Crippen molar-refractivity contribution in [2.45, 2.75) is 25.7 Å². The second-order valence-electron chi connectivity index (χ2n) is 5.73. The van der Waals surface area contributed by atoms with Crippen LogP contribution in [0.5, 0.6) is 0 Å². The van der Waals surface area contributed by atoms with Gasteiger partial charge < -0.3 is 9.73 Å². The number of benzene rings is 1. The quantitative estimate of drug-likeness (QED) is 0.772. The number of nitrogens with zero attached hydrogens (tertiary/aromatic N) is 2. The van der Waals surface area contributed by atoms with Gasteiger partial charge in [-0.1, -0.05) is 12.1 Å². The van der Waals surface area contributed by atoms with E-state index in [0.717, 1.165) is 22.6 Å². The van der Waals surface area contributed by atoms with Crippen LogP contribution < -0.4 is 5.32 Å². The molecule has 1 aliphatic rings. The Labute approximate surface area is 132 Å². The summed E-state index contributed by atoms with van der Waals surface area (Å²) >= 11 is 0. The smallest absolute Gasteiger partial charge is 0.291 e. The maximum atomic E-state index is 12.1. The first-order valence-electron chi connectivity index (χ1n) is 7.59. The average molecular weight is 308 g/mol. The SMILES string of the molecule is Cc1c(NC(=O)c2ccco2)cccc1-c1n[nH]c(C2CC2)n1. The summed E-state index contributed by atoms with van der Waals surface area (Å²) in [4.78, 5) is 16.7. The fourth-order valence-electron chi connectivity index (χ4n) is 2.54. The highest BCUT2D eigenvalue weighted by molar-refractivity contribution is 6.03. The molecule has 1 aromatic carbocycles. The normalized spacial score (nSPS) is 14.0. The third-order valence-corrected chi connectivity index (χ3v) is 4.03. The molecular formula is C17H16N4O2. The van der Waals surface area contributed by atoms with Crippen LogP contribution in [0.4, 0.5) is 5.69 Å². The summed E-state index contributed by atoms with van der Waals surface area (Å²) < 4.78 is 5.12. The van der Waals surface area contributed by atoms with E-state index in [1.165, 1.54) is 19.1 Å². The van der Waals surface area contributed by atoms with Gasteiger partial charge in [0.05, 0.1) is 6.26 Å². The highest BCUT2D eigenvalue weighted by Crippen LogP contribution is 2.38. The van der Waals surface area contributed by atoms with Gasteiger partial charge in [-0.25, -0.2) is 4.98 Å². The molecule has 0 aliphatic heterocycles. The average Bonchev–Trinajstić information content (AvgIpc) is 3.06. The number of furan rings is 1. The molecule has 1 saturated carbocycles. The van der Waals surface area contributed by atoms with Crippen LogP contribution in [0.3, 0.4) is 0 Å². The molecule has 0 bridgehead atoms. The fourth-order valence-corrected chi connectivity index (χ4v) is 2.54. The van der Waals surface area contributed by atoms with Crippen molar-refractivity contribution in [3.8, 4) is 11.4 Å². The number of H-pyrrole nitrogens is 1. The highest BCUT2D eigenvalue weighted by Gasteiger charge is 2.27. The zero-order valence-corrected chi connectivity index (χ0v) is 12.7. The van der Waals surface area contributed by atoms with Crippen LogP contribution in [0, 0.1) is 6.92 Å². The van der Waals surface area contributed by atoms with Crippen LogP contribution in [0.15, 0.2) is 41.0 Å². The first-order chi connectivity index (χ1) is 11.2. The Kier molecular flexibility index (Phi) is 3.22. The summed E-state index contributed by atoms with van der Waals surface area (Å²) in [6.45, 7) is 1.94. The van der Waals surface area contributed by atoms with E-state index in [-0.39, 0.29) is 11.7 Å². The van der Waals surface area contributed by atoms with E-state index in [4.69, 9.17) is 4.42 Å². The lowest BCUT2D eigenvalue weighted by atomic mass is 10.1. The summed E-state index contributed by atoms with van der Waals surface area (Å²) in [5.41, 5.74) is 2.56. The van der Waals surface area contributed by atoms with Crippen LogP contribution in [0.25, 0.3) is 11.4 Å². The molecule has 2 N–H and O–H groups in total. The molecule has 0 atom stereocenters. The molecule has 116 valence electrons. The van der Waals surface area contributed by atoms with Gasteiger partial charge in [-0.15, -0.1) is 0 Å². The van der Waals surface area contributed by atoms with Crippen molar-refractivity contribution in [1.29, 1.82) is 0 Å². The van der Waals surface area contributed by atoms with Crippen molar-refractivity contribution in [2.75, 3.05) is 5.32 Å². The monoisotopic (exact) mass is 308 g/mol. The number of rotatable bonds is 4. The van der Waals surface area contributed by atoms with E-state index in [9.17, 15) is 4.79 Å². The summed E-state index contributed by atoms with van der Waals surface area (Å²) in [5.74, 6) is 2.15. The molecular weight excluding hydrogens is 292 g/mol. The molecule has 6 heteroatoms. The van der Waals surface area contributed by atoms with E-state index < -0.39 is 0 Å². The highest BCUT2D eigenvalue weighted by atomic mass is 16.3. The van der Waals surface area contributed by atoms with E-state index in [0.29, 0.717) is 11.7 Å². The van der Waals surface area contributed by atoms with Gasteiger partial charge in [0.25, 0.3) is 5.91 Å². The van der Waals surface area contributed by atoms with Crippen molar-refractivity contribution in [3.05, 3.63) is 53.7 Å². The van der Waals surface area contributed by atoms with E-state index >= 15 is 0 Å². The molecule has 4 rings (SSSR count). The summed E-state index contributed by atoms with van der Waals surface area (Å²) in [6, 6.07) is 9.01. The van der Waals surface area contributed by atoms with Crippen LogP contribution in [-0.4, -0.2) is 21.1 Å². The van der Waals surface area contributed by atoms with Gasteiger partial charge in [0.15, 0.2) is 11.6 Å². The third-order valence-electron chi connectivity index (χ3n) is 4.03. The number of nitrogens with one attached hydrogen (secondary N) is 2. The van der Waals surface area contributed by atoms with Crippen molar-refractivity contribution in [1.82, 2.24) is 15.2 Å². The minimum Gasteiger partial charge on any atom is -0.459 e. The minimum absolute atomic E-state index is 0.274. The Morgan fingerprint density at radius 2 is 2.17 bits per heavy atom. The van der Waals surface area contributed by atoms with E-state index in [1.54, 1.807) is 12.1 Å². The molecule has 2 aromatic heterocycles. The molecule has 3 aromatic rings. The van der Waals surface area contributed by atoms with Crippen LogP contribution in [0.2, 0.25) is 0 Å². The van der Waals surface area contributed by atoms with Gasteiger partial charge in [0.1, 0.15) is 5.82 Å². The predicted molar refractivity (Wildman–Crippen MR) is 85.2 cm³/mol. The van der Waals surface area contributed by atoms with Crippen LogP contribution in [0.1, 0.15) is 40.7 Å². The van der Waals surface area contributed by atoms with Gasteiger partial charge in [0.2, 0.25) is 0 Å². The summed E-state index contributed by atoms with van der Waals surface area (Å²) in [7, 11) is 0. The molecule has 0 unspecified atom stereocenters. The maximum Gasteiger partial charge on any atom is 0.291 e. The first-order valence-corrected chi connectivity index (χ1v) is 7.59. The van der Waals surface area contributed by atoms with Crippen LogP contribution >= 0.6 is 0 Å². The number of carbonyl (C=O) groups excluding carboxylic acids is 1. The molecule has 1 aliphatic carbocycles. The fraction of sp³-hybridized carbons (Fsp3) is 0.235. The number of aromatic amines is 1. The molecule has 1 amide bonds. The Morgan fingerprint density at radius 1 is 1.30 bits per heavy atom. The molecule has 23 heavy (non-hydrogen) atoms. The number of aromatic nitrogens is 3. The molecule has 0 saturated heterocycles. The minimum atomic E-state index is -0.274. The molecule has 0 radical (unpaired) electrons. The van der Waals surface area contributed by atoms with Gasteiger partial charge in [-0.2, -0.15) is 5.10 Å². The summed E-state index contributed by atoms with van der Waals surface area (Å²) in [5, 5.41) is 10.2. The predicted octanol–water partition coefficient (Wildman–Crippen LogP) is 3.50. The standard InChI is InChI=1S/C17H16N4O2/c1-10-12(16-19-15(20-21-16)11-7-8-11)4-2-5-13(10)18-17(22)14-6-3-9-23-14/h2-6,9,11H,7-8H2,1H3,(H,18,22)(H,19,20,21). The molecule has 1 fully saturated rings. The lowest BCUT2D eigenvalue weighted by Crippen LogP contribution is -2.12. The Morgan fingerprint density at radius 3 is 2.91 bits per heavy atom. The summed E-state index contributed by atoms with van der Waals surface area (Å²) in [6.07, 6.45) is 3.82. The number of hydrogen-bond acceptors (Lipinski definition) is 4. The third kappa shape index (κ3) is 2.63. The van der Waals surface area contributed by atoms with Gasteiger partial charge >= 0.3 is 0 Å². The van der Waals surface area contributed by atoms with Gasteiger partial charge in [-0.05, 0) is 43.5 Å². The number of amides is 1. The maximum absolute atomic E-state index is 12.1. The van der Waals surface area contributed by atoms with Crippen molar-refractivity contribution >= 4 is 11.6 Å². The van der Waals surface area contributed by atoms with Crippen molar-refractivity contribution < 1.29 is 9.21 Å². The largest absolute Gasteiger partial charge is 0.459 e. The lowest BCUT2D eigenvalue weighted by molar-refractivity contribution is 0.0996. The topological polar surface area (TPSA) is 83.8 Å². The van der Waals surface area contributed by atoms with Gasteiger partial charge in [-0.3, -0.25) is 9.89 Å². The Hall–Kier alpha value is -2.89. The van der Waals surface area contributed by atoms with Crippen molar-refractivity contribution in [3.63, 3.8) is 0 Å². The second-order valence-corrected chi connectivity index (χ2v) is 5.73. The second kappa shape index (κ2) is 5.39. The zero-order chi connectivity index (χ0) is 15.8.